The van der Waals surface area contributed by atoms with Crippen LogP contribution in [-0.4, -0.2) is 21.6 Å². The summed E-state index contributed by atoms with van der Waals surface area (Å²) in [5.41, 5.74) is 2.52. The largest absolute Gasteiger partial charge is 0.349 e. The van der Waals surface area contributed by atoms with E-state index in [9.17, 15) is 4.79 Å². The summed E-state index contributed by atoms with van der Waals surface area (Å²) in [5, 5.41) is 5.19. The highest BCUT2D eigenvalue weighted by molar-refractivity contribution is 8.00. The molecule has 2 heterocycles. The molecule has 0 fully saturated rings. The van der Waals surface area contributed by atoms with Crippen LogP contribution in [0.15, 0.2) is 41.7 Å². The summed E-state index contributed by atoms with van der Waals surface area (Å²) in [6.07, 6.45) is 5.07. The molecular weight excluding hydrogens is 374 g/mol. The molecule has 3 aromatic rings. The maximum Gasteiger partial charge on any atom is 0.230 e. The van der Waals surface area contributed by atoms with Crippen molar-refractivity contribution >= 4 is 39.2 Å². The number of amides is 1. The number of nitrogens with one attached hydrogen (secondary N) is 1. The highest BCUT2D eigenvalue weighted by atomic mass is 32.2. The standard InChI is InChI=1S/C21H23N3OS2/c1-13-8-9-16-17(10-13)27-21-19(16)20(22-12-23-21)26-11-18(25)24-14(2)15-6-4-3-5-7-15/h3-7,12-14H,8-11H2,1-2H3,(H,24,25)/t13-,14-/m0/s1. The number of aromatic nitrogens is 2. The van der Waals surface area contributed by atoms with Crippen molar-refractivity contribution in [3.8, 4) is 0 Å². The molecule has 2 aromatic heterocycles. The monoisotopic (exact) mass is 397 g/mol. The molecule has 2 atom stereocenters. The Bertz CT molecular complexity index is 955. The lowest BCUT2D eigenvalue weighted by atomic mass is 9.89. The minimum absolute atomic E-state index is 0.000104. The van der Waals surface area contributed by atoms with E-state index in [1.165, 1.54) is 34.0 Å². The lowest BCUT2D eigenvalue weighted by Gasteiger charge is -2.18. The Morgan fingerprint density at radius 2 is 2.15 bits per heavy atom. The number of carbonyl (C=O) groups is 1. The number of fused-ring (bicyclic) bond motifs is 3. The van der Waals surface area contributed by atoms with Crippen LogP contribution in [0.3, 0.4) is 0 Å². The molecule has 0 bridgehead atoms. The fraction of sp³-hybridized carbons (Fsp3) is 0.381. The first-order valence-corrected chi connectivity index (χ1v) is 11.1. The van der Waals surface area contributed by atoms with Crippen molar-refractivity contribution in [1.82, 2.24) is 15.3 Å². The number of thiophene rings is 1. The Kier molecular flexibility index (Phi) is 5.45. The summed E-state index contributed by atoms with van der Waals surface area (Å²) in [5.74, 6) is 1.13. The number of carbonyl (C=O) groups excluding carboxylic acids is 1. The molecule has 0 radical (unpaired) electrons. The van der Waals surface area contributed by atoms with Crippen LogP contribution in [0.5, 0.6) is 0 Å². The van der Waals surface area contributed by atoms with Gasteiger partial charge in [-0.15, -0.1) is 11.3 Å². The Labute approximate surface area is 167 Å². The third kappa shape index (κ3) is 4.01. The van der Waals surface area contributed by atoms with Gasteiger partial charge in [0.1, 0.15) is 16.2 Å². The van der Waals surface area contributed by atoms with Gasteiger partial charge >= 0.3 is 0 Å². The zero-order chi connectivity index (χ0) is 18.8. The molecule has 0 unspecified atom stereocenters. The number of benzene rings is 1. The predicted molar refractivity (Wildman–Crippen MR) is 112 cm³/mol. The molecule has 1 aliphatic rings. The zero-order valence-corrected chi connectivity index (χ0v) is 17.2. The second-order valence-corrected chi connectivity index (χ2v) is 9.25. The molecule has 0 spiro atoms. The van der Waals surface area contributed by atoms with Crippen molar-refractivity contribution in [3.05, 3.63) is 52.7 Å². The maximum absolute atomic E-state index is 12.4. The van der Waals surface area contributed by atoms with Gasteiger partial charge in [-0.3, -0.25) is 4.79 Å². The highest BCUT2D eigenvalue weighted by Gasteiger charge is 2.23. The molecule has 4 rings (SSSR count). The molecular formula is C21H23N3OS2. The Balaban J connectivity index is 1.47. The van der Waals surface area contributed by atoms with E-state index in [1.54, 1.807) is 17.7 Å². The van der Waals surface area contributed by atoms with Crippen molar-refractivity contribution in [2.24, 2.45) is 5.92 Å². The molecule has 1 amide bonds. The Morgan fingerprint density at radius 1 is 1.33 bits per heavy atom. The summed E-state index contributed by atoms with van der Waals surface area (Å²) in [6, 6.07) is 10.0. The van der Waals surface area contributed by atoms with E-state index in [-0.39, 0.29) is 11.9 Å². The van der Waals surface area contributed by atoms with Crippen LogP contribution >= 0.6 is 23.1 Å². The van der Waals surface area contributed by atoms with Gasteiger partial charge in [0.25, 0.3) is 0 Å². The Morgan fingerprint density at radius 3 is 2.96 bits per heavy atom. The van der Waals surface area contributed by atoms with Gasteiger partial charge in [-0.05, 0) is 43.2 Å². The lowest BCUT2D eigenvalue weighted by molar-refractivity contribution is -0.119. The van der Waals surface area contributed by atoms with Crippen molar-refractivity contribution in [2.75, 3.05) is 5.75 Å². The normalized spacial score (nSPS) is 17.5. The van der Waals surface area contributed by atoms with Crippen LogP contribution in [0.2, 0.25) is 0 Å². The molecule has 6 heteroatoms. The van der Waals surface area contributed by atoms with Crippen LogP contribution in [0, 0.1) is 5.92 Å². The predicted octanol–water partition coefficient (Wildman–Crippen LogP) is 4.79. The second-order valence-electron chi connectivity index (χ2n) is 7.20. The number of rotatable bonds is 5. The van der Waals surface area contributed by atoms with Gasteiger partial charge in [0.15, 0.2) is 0 Å². The zero-order valence-electron chi connectivity index (χ0n) is 15.6. The first-order valence-electron chi connectivity index (χ1n) is 9.34. The smallest absolute Gasteiger partial charge is 0.230 e. The van der Waals surface area contributed by atoms with E-state index < -0.39 is 0 Å². The lowest BCUT2D eigenvalue weighted by Crippen LogP contribution is -2.28. The first kappa shape index (κ1) is 18.4. The average Bonchev–Trinajstić information content (AvgIpc) is 3.05. The van der Waals surface area contributed by atoms with Crippen molar-refractivity contribution < 1.29 is 4.79 Å². The van der Waals surface area contributed by atoms with E-state index in [0.717, 1.165) is 34.2 Å². The van der Waals surface area contributed by atoms with Gasteiger partial charge < -0.3 is 5.32 Å². The molecule has 0 saturated carbocycles. The van der Waals surface area contributed by atoms with E-state index in [0.29, 0.717) is 5.75 Å². The fourth-order valence-corrected chi connectivity index (χ4v) is 5.85. The second kappa shape index (κ2) is 7.98. The van der Waals surface area contributed by atoms with Gasteiger partial charge in [-0.1, -0.05) is 49.0 Å². The van der Waals surface area contributed by atoms with Gasteiger partial charge in [0.2, 0.25) is 5.91 Å². The van der Waals surface area contributed by atoms with Gasteiger partial charge in [-0.25, -0.2) is 9.97 Å². The van der Waals surface area contributed by atoms with Crippen LogP contribution in [0.25, 0.3) is 10.2 Å². The van der Waals surface area contributed by atoms with E-state index in [1.807, 2.05) is 37.3 Å². The van der Waals surface area contributed by atoms with Crippen molar-refractivity contribution in [3.63, 3.8) is 0 Å². The van der Waals surface area contributed by atoms with E-state index in [2.05, 4.69) is 22.2 Å². The molecule has 1 N–H and O–H groups in total. The minimum atomic E-state index is 0.000104. The van der Waals surface area contributed by atoms with Gasteiger partial charge in [0.05, 0.1) is 11.8 Å². The van der Waals surface area contributed by atoms with Crippen LogP contribution < -0.4 is 5.32 Å². The number of hydrogen-bond acceptors (Lipinski definition) is 5. The number of nitrogens with zero attached hydrogens (tertiary/aromatic N) is 2. The quantitative estimate of drug-likeness (QED) is 0.497. The maximum atomic E-state index is 12.4. The van der Waals surface area contributed by atoms with Crippen LogP contribution in [0.1, 0.15) is 42.3 Å². The van der Waals surface area contributed by atoms with Crippen LogP contribution in [-0.2, 0) is 17.6 Å². The van der Waals surface area contributed by atoms with Gasteiger partial charge in [-0.2, -0.15) is 0 Å². The molecule has 0 saturated heterocycles. The highest BCUT2D eigenvalue weighted by Crippen LogP contribution is 2.40. The first-order chi connectivity index (χ1) is 13.1. The summed E-state index contributed by atoms with van der Waals surface area (Å²) >= 11 is 3.31. The fourth-order valence-electron chi connectivity index (χ4n) is 3.60. The summed E-state index contributed by atoms with van der Waals surface area (Å²) in [6.45, 7) is 4.32. The number of hydrogen-bond donors (Lipinski definition) is 1. The number of thioether (sulfide) groups is 1. The van der Waals surface area contributed by atoms with Gasteiger partial charge in [0, 0.05) is 10.3 Å². The third-order valence-corrected chi connectivity index (χ3v) is 7.23. The molecule has 4 nitrogen and oxygen atoms in total. The van der Waals surface area contributed by atoms with E-state index >= 15 is 0 Å². The number of aryl methyl sites for hydroxylation is 1. The van der Waals surface area contributed by atoms with E-state index in [4.69, 9.17) is 0 Å². The molecule has 27 heavy (non-hydrogen) atoms. The summed E-state index contributed by atoms with van der Waals surface area (Å²) < 4.78 is 0. The third-order valence-electron chi connectivity index (χ3n) is 5.07. The molecule has 1 aromatic carbocycles. The molecule has 0 aliphatic heterocycles. The van der Waals surface area contributed by atoms with Crippen molar-refractivity contribution in [2.45, 2.75) is 44.2 Å². The minimum Gasteiger partial charge on any atom is -0.349 e. The SMILES string of the molecule is C[C@H]1CCc2c(sc3ncnc(SCC(=O)N[C@@H](C)c4ccccc4)c23)C1. The van der Waals surface area contributed by atoms with Crippen LogP contribution in [0.4, 0.5) is 0 Å². The Hall–Kier alpha value is -1.92. The summed E-state index contributed by atoms with van der Waals surface area (Å²) in [4.78, 5) is 23.9. The average molecular weight is 398 g/mol. The summed E-state index contributed by atoms with van der Waals surface area (Å²) in [7, 11) is 0. The van der Waals surface area contributed by atoms with Crippen molar-refractivity contribution in [1.29, 1.82) is 0 Å². The molecule has 140 valence electrons. The molecule has 1 aliphatic carbocycles. The topological polar surface area (TPSA) is 54.9 Å².